The third kappa shape index (κ3) is 4.99. The van der Waals surface area contributed by atoms with Crippen molar-refractivity contribution in [2.75, 3.05) is 13.2 Å². The fraction of sp³-hybridized carbons (Fsp3) is 0.259. The second-order valence-corrected chi connectivity index (χ2v) is 7.94. The smallest absolute Gasteiger partial charge is 0.251 e. The molecule has 4 aromatic rings. The Kier molecular flexibility index (Phi) is 6.85. The van der Waals surface area contributed by atoms with Crippen molar-refractivity contribution in [3.05, 3.63) is 95.3 Å². The van der Waals surface area contributed by atoms with E-state index in [1.54, 1.807) is 0 Å². The molecule has 0 spiro atoms. The average Bonchev–Trinajstić information content (AvgIpc) is 3.17. The summed E-state index contributed by atoms with van der Waals surface area (Å²) in [6, 6.07) is 23.6. The molecule has 0 bridgehead atoms. The van der Waals surface area contributed by atoms with Crippen molar-refractivity contribution >= 4 is 16.9 Å². The number of aromatic nitrogens is 2. The van der Waals surface area contributed by atoms with Crippen LogP contribution in [0.2, 0.25) is 0 Å². The van der Waals surface area contributed by atoms with Gasteiger partial charge in [0.15, 0.2) is 0 Å². The van der Waals surface area contributed by atoms with Crippen molar-refractivity contribution in [3.8, 4) is 5.75 Å². The monoisotopic (exact) mass is 427 g/mol. The second-order valence-electron chi connectivity index (χ2n) is 7.94. The first-order valence-electron chi connectivity index (χ1n) is 11.1. The van der Waals surface area contributed by atoms with Gasteiger partial charge in [-0.15, -0.1) is 0 Å². The predicted molar refractivity (Wildman–Crippen MR) is 128 cm³/mol. The number of hydrogen-bond acceptors (Lipinski definition) is 3. The zero-order valence-corrected chi connectivity index (χ0v) is 18.7. The molecule has 0 aliphatic heterocycles. The maximum absolute atomic E-state index is 12.2. The lowest BCUT2D eigenvalue weighted by Gasteiger charge is -2.13. The van der Waals surface area contributed by atoms with Gasteiger partial charge in [0.05, 0.1) is 17.6 Å². The van der Waals surface area contributed by atoms with Crippen LogP contribution in [-0.2, 0) is 13.0 Å². The normalized spacial score (nSPS) is 10.9. The van der Waals surface area contributed by atoms with Crippen LogP contribution in [0.1, 0.15) is 33.7 Å². The number of benzene rings is 3. The number of hydrogen-bond donors (Lipinski definition) is 1. The predicted octanol–water partition coefficient (Wildman–Crippen LogP) is 5.09. The number of aryl methyl sites for hydroxylation is 2. The summed E-state index contributed by atoms with van der Waals surface area (Å²) in [7, 11) is 0. The van der Waals surface area contributed by atoms with E-state index in [4.69, 9.17) is 9.72 Å². The number of nitrogens with zero attached hydrogens (tertiary/aromatic N) is 2. The van der Waals surface area contributed by atoms with Crippen molar-refractivity contribution in [2.45, 2.75) is 33.2 Å². The van der Waals surface area contributed by atoms with Gasteiger partial charge in [0.25, 0.3) is 5.91 Å². The highest BCUT2D eigenvalue weighted by Gasteiger charge is 2.11. The van der Waals surface area contributed by atoms with Crippen LogP contribution in [0.5, 0.6) is 5.75 Å². The van der Waals surface area contributed by atoms with Crippen molar-refractivity contribution in [2.24, 2.45) is 0 Å². The Balaban J connectivity index is 1.39. The van der Waals surface area contributed by atoms with Gasteiger partial charge in [0.2, 0.25) is 0 Å². The largest absolute Gasteiger partial charge is 0.491 e. The van der Waals surface area contributed by atoms with Crippen LogP contribution >= 0.6 is 0 Å². The Labute approximate surface area is 189 Å². The molecule has 0 saturated heterocycles. The summed E-state index contributed by atoms with van der Waals surface area (Å²) in [6.45, 7) is 6.09. The van der Waals surface area contributed by atoms with Crippen molar-refractivity contribution in [1.29, 1.82) is 0 Å². The molecule has 0 aliphatic rings. The summed E-state index contributed by atoms with van der Waals surface area (Å²) >= 11 is 0. The molecule has 164 valence electrons. The fourth-order valence-corrected chi connectivity index (χ4v) is 3.83. The molecule has 1 N–H and O–H groups in total. The minimum absolute atomic E-state index is 0.0407. The van der Waals surface area contributed by atoms with Gasteiger partial charge in [-0.1, -0.05) is 42.5 Å². The first kappa shape index (κ1) is 21.6. The third-order valence-electron chi connectivity index (χ3n) is 5.76. The SMILES string of the molecule is Cc1cccc(OCCn2c(CCCNC(=O)c3ccccc3)nc3ccccc32)c1C. The quantitative estimate of drug-likeness (QED) is 0.378. The third-order valence-corrected chi connectivity index (χ3v) is 5.76. The minimum Gasteiger partial charge on any atom is -0.491 e. The zero-order valence-electron chi connectivity index (χ0n) is 18.7. The van der Waals surface area contributed by atoms with Crippen LogP contribution in [0.25, 0.3) is 11.0 Å². The molecule has 1 aromatic heterocycles. The van der Waals surface area contributed by atoms with Crippen LogP contribution in [0.15, 0.2) is 72.8 Å². The molecule has 0 saturated carbocycles. The van der Waals surface area contributed by atoms with Crippen molar-refractivity contribution in [1.82, 2.24) is 14.9 Å². The maximum Gasteiger partial charge on any atom is 0.251 e. The maximum atomic E-state index is 12.2. The molecule has 1 heterocycles. The lowest BCUT2D eigenvalue weighted by Crippen LogP contribution is -2.25. The molecular weight excluding hydrogens is 398 g/mol. The number of rotatable bonds is 9. The summed E-state index contributed by atoms with van der Waals surface area (Å²) < 4.78 is 8.33. The van der Waals surface area contributed by atoms with E-state index in [9.17, 15) is 4.79 Å². The van der Waals surface area contributed by atoms with Crippen LogP contribution in [0.3, 0.4) is 0 Å². The molecular formula is C27H29N3O2. The van der Waals surface area contributed by atoms with E-state index in [1.165, 1.54) is 11.1 Å². The Bertz CT molecular complexity index is 1200. The van der Waals surface area contributed by atoms with Gasteiger partial charge in [-0.05, 0) is 61.7 Å². The standard InChI is InChI=1S/C27H29N3O2/c1-20-10-8-15-25(21(20)2)32-19-18-30-24-14-7-6-13-23(24)29-26(30)16-9-17-28-27(31)22-11-4-3-5-12-22/h3-8,10-15H,9,16-19H2,1-2H3,(H,28,31). The average molecular weight is 428 g/mol. The van der Waals surface area contributed by atoms with Gasteiger partial charge in [-0.25, -0.2) is 4.98 Å². The number of carbonyl (C=O) groups excluding carboxylic acids is 1. The van der Waals surface area contributed by atoms with Crippen LogP contribution in [0, 0.1) is 13.8 Å². The highest BCUT2D eigenvalue weighted by Crippen LogP contribution is 2.21. The Morgan fingerprint density at radius 3 is 2.59 bits per heavy atom. The van der Waals surface area contributed by atoms with Gasteiger partial charge in [-0.2, -0.15) is 0 Å². The highest BCUT2D eigenvalue weighted by atomic mass is 16.5. The van der Waals surface area contributed by atoms with Crippen molar-refractivity contribution < 1.29 is 9.53 Å². The van der Waals surface area contributed by atoms with E-state index in [2.05, 4.69) is 35.9 Å². The summed E-state index contributed by atoms with van der Waals surface area (Å²) in [5.41, 5.74) is 5.19. The van der Waals surface area contributed by atoms with E-state index >= 15 is 0 Å². The molecule has 4 rings (SSSR count). The lowest BCUT2D eigenvalue weighted by molar-refractivity contribution is 0.0953. The van der Waals surface area contributed by atoms with Crippen LogP contribution in [0.4, 0.5) is 0 Å². The van der Waals surface area contributed by atoms with E-state index in [-0.39, 0.29) is 5.91 Å². The van der Waals surface area contributed by atoms with Gasteiger partial charge in [-0.3, -0.25) is 4.79 Å². The highest BCUT2D eigenvalue weighted by molar-refractivity contribution is 5.94. The Morgan fingerprint density at radius 1 is 0.969 bits per heavy atom. The number of ether oxygens (including phenoxy) is 1. The van der Waals surface area contributed by atoms with Crippen LogP contribution < -0.4 is 10.1 Å². The van der Waals surface area contributed by atoms with Gasteiger partial charge in [0, 0.05) is 18.5 Å². The molecule has 0 radical (unpaired) electrons. The molecule has 5 heteroatoms. The second kappa shape index (κ2) is 10.1. The molecule has 3 aromatic carbocycles. The number of fused-ring (bicyclic) bond motifs is 1. The Morgan fingerprint density at radius 2 is 1.75 bits per heavy atom. The molecule has 0 fully saturated rings. The minimum atomic E-state index is -0.0407. The Hall–Kier alpha value is -3.60. The van der Waals surface area contributed by atoms with Crippen LogP contribution in [-0.4, -0.2) is 28.6 Å². The number of imidazole rings is 1. The first-order chi connectivity index (χ1) is 15.6. The van der Waals surface area contributed by atoms with E-state index in [1.807, 2.05) is 60.7 Å². The number of carbonyl (C=O) groups is 1. The lowest BCUT2D eigenvalue weighted by atomic mass is 10.1. The van der Waals surface area contributed by atoms with Gasteiger partial charge in [0.1, 0.15) is 18.2 Å². The summed E-state index contributed by atoms with van der Waals surface area (Å²) in [4.78, 5) is 17.1. The van der Waals surface area contributed by atoms with E-state index < -0.39 is 0 Å². The molecule has 32 heavy (non-hydrogen) atoms. The molecule has 0 atom stereocenters. The van der Waals surface area contributed by atoms with E-state index in [0.29, 0.717) is 18.7 Å². The van der Waals surface area contributed by atoms with Gasteiger partial charge >= 0.3 is 0 Å². The first-order valence-corrected chi connectivity index (χ1v) is 11.1. The fourth-order valence-electron chi connectivity index (χ4n) is 3.83. The molecule has 1 amide bonds. The number of nitrogens with one attached hydrogen (secondary N) is 1. The summed E-state index contributed by atoms with van der Waals surface area (Å²) in [6.07, 6.45) is 1.60. The summed E-state index contributed by atoms with van der Waals surface area (Å²) in [5, 5.41) is 3.00. The van der Waals surface area contributed by atoms with E-state index in [0.717, 1.165) is 42.0 Å². The number of amides is 1. The molecule has 0 aliphatic carbocycles. The topological polar surface area (TPSA) is 56.1 Å². The molecule has 0 unspecified atom stereocenters. The van der Waals surface area contributed by atoms with Crippen molar-refractivity contribution in [3.63, 3.8) is 0 Å². The zero-order chi connectivity index (χ0) is 22.3. The number of para-hydroxylation sites is 2. The molecule has 5 nitrogen and oxygen atoms in total. The van der Waals surface area contributed by atoms with Gasteiger partial charge < -0.3 is 14.6 Å². The summed E-state index contributed by atoms with van der Waals surface area (Å²) in [5.74, 6) is 1.91.